The standard InChI is InChI=1S/C22H20ClF3N4O2/c1-2-29(14-19(31)27-12-15-8-10-16(23)11-9-15)21(32)18-13-28-30(20(18)22(24,25)26)17-6-4-3-5-7-17/h3-11,13H,2,12,14H2,1H3,(H,27,31). The van der Waals surface area contributed by atoms with E-state index >= 15 is 0 Å². The number of carbonyl (C=O) groups is 2. The van der Waals surface area contributed by atoms with Crippen LogP contribution in [0.2, 0.25) is 5.02 Å². The van der Waals surface area contributed by atoms with E-state index in [4.69, 9.17) is 11.6 Å². The van der Waals surface area contributed by atoms with Gasteiger partial charge in [-0.15, -0.1) is 0 Å². The molecular formula is C22H20ClF3N4O2. The first-order chi connectivity index (χ1) is 15.2. The number of aromatic nitrogens is 2. The van der Waals surface area contributed by atoms with Crippen molar-refractivity contribution in [1.82, 2.24) is 20.0 Å². The Morgan fingerprint density at radius 1 is 1.09 bits per heavy atom. The normalized spacial score (nSPS) is 11.3. The van der Waals surface area contributed by atoms with E-state index in [1.165, 1.54) is 12.1 Å². The molecule has 3 aromatic rings. The molecule has 0 spiro atoms. The van der Waals surface area contributed by atoms with Crippen molar-refractivity contribution in [2.45, 2.75) is 19.6 Å². The summed E-state index contributed by atoms with van der Waals surface area (Å²) in [7, 11) is 0. The van der Waals surface area contributed by atoms with Crippen LogP contribution < -0.4 is 5.32 Å². The number of benzene rings is 2. The fourth-order valence-electron chi connectivity index (χ4n) is 3.07. The Hall–Kier alpha value is -3.33. The Morgan fingerprint density at radius 2 is 1.75 bits per heavy atom. The molecule has 0 atom stereocenters. The molecule has 3 rings (SSSR count). The molecule has 0 unspecified atom stereocenters. The lowest BCUT2D eigenvalue weighted by atomic mass is 10.2. The molecular weight excluding hydrogens is 445 g/mol. The number of nitrogens with one attached hydrogen (secondary N) is 1. The van der Waals surface area contributed by atoms with Gasteiger partial charge in [-0.3, -0.25) is 9.59 Å². The Balaban J connectivity index is 1.78. The lowest BCUT2D eigenvalue weighted by Gasteiger charge is -2.21. The molecule has 6 nitrogen and oxygen atoms in total. The van der Waals surface area contributed by atoms with Crippen LogP contribution in [-0.2, 0) is 17.5 Å². The van der Waals surface area contributed by atoms with Crippen LogP contribution in [0, 0.1) is 0 Å². The Labute approximate surface area is 187 Å². The number of carbonyl (C=O) groups excluding carboxylic acids is 2. The average Bonchev–Trinajstić information content (AvgIpc) is 3.23. The zero-order valence-corrected chi connectivity index (χ0v) is 17.8. The Kier molecular flexibility index (Phi) is 7.19. The molecule has 0 aliphatic rings. The molecule has 2 amide bonds. The van der Waals surface area contributed by atoms with Gasteiger partial charge in [-0.25, -0.2) is 4.68 Å². The summed E-state index contributed by atoms with van der Waals surface area (Å²) in [4.78, 5) is 26.3. The summed E-state index contributed by atoms with van der Waals surface area (Å²) in [6.45, 7) is 1.43. The molecule has 1 heterocycles. The van der Waals surface area contributed by atoms with Crippen LogP contribution in [0.25, 0.3) is 5.69 Å². The molecule has 0 bridgehead atoms. The summed E-state index contributed by atoms with van der Waals surface area (Å²) in [5.74, 6) is -1.43. The number of hydrogen-bond donors (Lipinski definition) is 1. The van der Waals surface area contributed by atoms with Crippen LogP contribution in [0.1, 0.15) is 28.5 Å². The van der Waals surface area contributed by atoms with Crippen molar-refractivity contribution in [2.75, 3.05) is 13.1 Å². The van der Waals surface area contributed by atoms with Gasteiger partial charge >= 0.3 is 6.18 Å². The van der Waals surface area contributed by atoms with E-state index in [-0.39, 0.29) is 18.8 Å². The van der Waals surface area contributed by atoms with Gasteiger partial charge in [-0.05, 0) is 36.8 Å². The summed E-state index contributed by atoms with van der Waals surface area (Å²) >= 11 is 5.82. The van der Waals surface area contributed by atoms with E-state index < -0.39 is 35.8 Å². The molecule has 0 aliphatic heterocycles. The highest BCUT2D eigenvalue weighted by Gasteiger charge is 2.41. The molecule has 32 heavy (non-hydrogen) atoms. The van der Waals surface area contributed by atoms with E-state index in [2.05, 4.69) is 10.4 Å². The van der Waals surface area contributed by atoms with Gasteiger partial charge in [0.2, 0.25) is 5.91 Å². The average molecular weight is 465 g/mol. The van der Waals surface area contributed by atoms with Crippen molar-refractivity contribution < 1.29 is 22.8 Å². The fourth-order valence-corrected chi connectivity index (χ4v) is 3.20. The first kappa shape index (κ1) is 23.3. The van der Waals surface area contributed by atoms with Crippen LogP contribution in [0.15, 0.2) is 60.8 Å². The SMILES string of the molecule is CCN(CC(=O)NCc1ccc(Cl)cc1)C(=O)c1cnn(-c2ccccc2)c1C(F)(F)F. The minimum absolute atomic E-state index is 0.0427. The second-order valence-corrected chi connectivity index (χ2v) is 7.31. The van der Waals surface area contributed by atoms with Gasteiger partial charge in [0.1, 0.15) is 0 Å². The summed E-state index contributed by atoms with van der Waals surface area (Å²) in [6.07, 6.45) is -3.94. The van der Waals surface area contributed by atoms with Gasteiger partial charge in [-0.2, -0.15) is 18.3 Å². The minimum atomic E-state index is -4.83. The number of amides is 2. The van der Waals surface area contributed by atoms with Gasteiger partial charge < -0.3 is 10.2 Å². The van der Waals surface area contributed by atoms with Crippen LogP contribution >= 0.6 is 11.6 Å². The molecule has 0 fully saturated rings. The molecule has 0 saturated heterocycles. The fraction of sp³-hybridized carbons (Fsp3) is 0.227. The first-order valence-electron chi connectivity index (χ1n) is 9.71. The molecule has 1 N–H and O–H groups in total. The maximum Gasteiger partial charge on any atom is 0.434 e. The van der Waals surface area contributed by atoms with Crippen molar-refractivity contribution >= 4 is 23.4 Å². The minimum Gasteiger partial charge on any atom is -0.350 e. The highest BCUT2D eigenvalue weighted by atomic mass is 35.5. The van der Waals surface area contributed by atoms with Crippen molar-refractivity contribution in [3.8, 4) is 5.69 Å². The van der Waals surface area contributed by atoms with Crippen molar-refractivity contribution in [3.05, 3.63) is 82.6 Å². The second kappa shape index (κ2) is 9.86. The largest absolute Gasteiger partial charge is 0.434 e. The topological polar surface area (TPSA) is 67.2 Å². The van der Waals surface area contributed by atoms with Gasteiger partial charge in [-0.1, -0.05) is 41.9 Å². The van der Waals surface area contributed by atoms with E-state index in [1.54, 1.807) is 49.4 Å². The van der Waals surface area contributed by atoms with Crippen molar-refractivity contribution in [3.63, 3.8) is 0 Å². The third-order valence-corrected chi connectivity index (χ3v) is 4.93. The van der Waals surface area contributed by atoms with E-state index in [1.807, 2.05) is 0 Å². The van der Waals surface area contributed by atoms with Crippen LogP contribution in [0.5, 0.6) is 0 Å². The summed E-state index contributed by atoms with van der Waals surface area (Å²) < 4.78 is 42.2. The maximum atomic E-state index is 13.8. The van der Waals surface area contributed by atoms with E-state index in [0.29, 0.717) is 9.70 Å². The lowest BCUT2D eigenvalue weighted by Crippen LogP contribution is -2.41. The monoisotopic (exact) mass is 464 g/mol. The number of rotatable bonds is 7. The first-order valence-corrected chi connectivity index (χ1v) is 10.1. The van der Waals surface area contributed by atoms with Crippen LogP contribution in [-0.4, -0.2) is 39.6 Å². The van der Waals surface area contributed by atoms with Gasteiger partial charge in [0.25, 0.3) is 5.91 Å². The Morgan fingerprint density at radius 3 is 2.34 bits per heavy atom. The molecule has 0 aliphatic carbocycles. The summed E-state index contributed by atoms with van der Waals surface area (Å²) in [5, 5.41) is 6.99. The highest BCUT2D eigenvalue weighted by Crippen LogP contribution is 2.34. The summed E-state index contributed by atoms with van der Waals surface area (Å²) in [5.41, 5.74) is -0.842. The number of hydrogen-bond acceptors (Lipinski definition) is 3. The smallest absolute Gasteiger partial charge is 0.350 e. The number of halogens is 4. The van der Waals surface area contributed by atoms with Crippen molar-refractivity contribution in [2.24, 2.45) is 0 Å². The second-order valence-electron chi connectivity index (χ2n) is 6.87. The predicted octanol–water partition coefficient (Wildman–Crippen LogP) is 4.32. The molecule has 168 valence electrons. The van der Waals surface area contributed by atoms with Crippen LogP contribution in [0.4, 0.5) is 13.2 Å². The number of likely N-dealkylation sites (N-methyl/N-ethyl adjacent to an activating group) is 1. The Bertz CT molecular complexity index is 1080. The maximum absolute atomic E-state index is 13.8. The van der Waals surface area contributed by atoms with E-state index in [9.17, 15) is 22.8 Å². The quantitative estimate of drug-likeness (QED) is 0.566. The number of para-hydroxylation sites is 1. The predicted molar refractivity (Wildman–Crippen MR) is 113 cm³/mol. The molecule has 1 aromatic heterocycles. The molecule has 10 heteroatoms. The van der Waals surface area contributed by atoms with Gasteiger partial charge in [0.15, 0.2) is 5.69 Å². The third kappa shape index (κ3) is 5.47. The van der Waals surface area contributed by atoms with Gasteiger partial charge in [0, 0.05) is 18.1 Å². The molecule has 0 saturated carbocycles. The molecule has 2 aromatic carbocycles. The van der Waals surface area contributed by atoms with E-state index in [0.717, 1.165) is 16.7 Å². The van der Waals surface area contributed by atoms with Crippen molar-refractivity contribution in [1.29, 1.82) is 0 Å². The highest BCUT2D eigenvalue weighted by molar-refractivity contribution is 6.30. The summed E-state index contributed by atoms with van der Waals surface area (Å²) in [6, 6.07) is 14.5. The third-order valence-electron chi connectivity index (χ3n) is 4.68. The number of alkyl halides is 3. The zero-order valence-electron chi connectivity index (χ0n) is 17.1. The number of nitrogens with zero attached hydrogens (tertiary/aromatic N) is 3. The zero-order chi connectivity index (χ0) is 23.3. The van der Waals surface area contributed by atoms with Gasteiger partial charge in [0.05, 0.1) is 24.0 Å². The van der Waals surface area contributed by atoms with Crippen LogP contribution in [0.3, 0.4) is 0 Å². The molecule has 0 radical (unpaired) electrons. The lowest BCUT2D eigenvalue weighted by molar-refractivity contribution is -0.143.